The van der Waals surface area contributed by atoms with E-state index in [-0.39, 0.29) is 5.60 Å². The van der Waals surface area contributed by atoms with Crippen molar-refractivity contribution in [3.8, 4) is 5.75 Å². The predicted octanol–water partition coefficient (Wildman–Crippen LogP) is 6.55. The average Bonchev–Trinajstić information content (AvgIpc) is 2.70. The Morgan fingerprint density at radius 1 is 1.05 bits per heavy atom. The zero-order valence-corrected chi connectivity index (χ0v) is 16.8. The van der Waals surface area contributed by atoms with Crippen LogP contribution in [0.1, 0.15) is 90.3 Å². The first kappa shape index (κ1) is 21.5. The summed E-state index contributed by atoms with van der Waals surface area (Å²) in [6.45, 7) is 20.1. The van der Waals surface area contributed by atoms with Crippen LogP contribution in [-0.4, -0.2) is 17.3 Å². The highest BCUT2D eigenvalue weighted by atomic mass is 32.1. The molecular weight excluding hydrogens is 292 g/mol. The molecule has 22 heavy (non-hydrogen) atoms. The SMILES string of the molecule is CC(C)CCOC(C)(C)C.CC(C)c1cc(O)c(C(C)C)s1. The number of thiophene rings is 1. The Morgan fingerprint density at radius 2 is 1.59 bits per heavy atom. The van der Waals surface area contributed by atoms with Crippen molar-refractivity contribution in [2.75, 3.05) is 6.61 Å². The predicted molar refractivity (Wildman–Crippen MR) is 99.3 cm³/mol. The van der Waals surface area contributed by atoms with Crippen molar-refractivity contribution < 1.29 is 9.84 Å². The Bertz CT molecular complexity index is 412. The number of hydrogen-bond donors (Lipinski definition) is 1. The maximum atomic E-state index is 9.56. The summed E-state index contributed by atoms with van der Waals surface area (Å²) in [4.78, 5) is 2.38. The molecule has 1 N–H and O–H groups in total. The summed E-state index contributed by atoms with van der Waals surface area (Å²) in [5.74, 6) is 2.18. The van der Waals surface area contributed by atoms with Crippen LogP contribution in [0.5, 0.6) is 5.75 Å². The van der Waals surface area contributed by atoms with Gasteiger partial charge >= 0.3 is 0 Å². The smallest absolute Gasteiger partial charge is 0.130 e. The van der Waals surface area contributed by atoms with Gasteiger partial charge in [0, 0.05) is 16.4 Å². The molecule has 1 aromatic rings. The molecule has 0 bridgehead atoms. The van der Waals surface area contributed by atoms with Gasteiger partial charge in [0.1, 0.15) is 5.75 Å². The second-order valence-corrected chi connectivity index (χ2v) is 8.97. The molecule has 0 aliphatic rings. The Morgan fingerprint density at radius 3 is 1.86 bits per heavy atom. The van der Waals surface area contributed by atoms with E-state index >= 15 is 0 Å². The number of ether oxygens (including phenoxy) is 1. The molecule has 0 saturated carbocycles. The molecule has 0 aliphatic heterocycles. The van der Waals surface area contributed by atoms with Gasteiger partial charge in [0.05, 0.1) is 5.60 Å². The molecule has 130 valence electrons. The van der Waals surface area contributed by atoms with E-state index in [4.69, 9.17) is 4.74 Å². The number of rotatable bonds is 5. The lowest BCUT2D eigenvalue weighted by Gasteiger charge is -2.19. The third-order valence-corrected chi connectivity index (χ3v) is 4.81. The van der Waals surface area contributed by atoms with Gasteiger partial charge in [0.25, 0.3) is 0 Å². The second kappa shape index (κ2) is 9.57. The molecule has 0 aromatic carbocycles. The van der Waals surface area contributed by atoms with Gasteiger partial charge in [-0.2, -0.15) is 0 Å². The Balaban J connectivity index is 0.000000409. The van der Waals surface area contributed by atoms with Crippen molar-refractivity contribution in [2.24, 2.45) is 5.92 Å². The van der Waals surface area contributed by atoms with E-state index < -0.39 is 0 Å². The van der Waals surface area contributed by atoms with Crippen LogP contribution in [0.4, 0.5) is 0 Å². The zero-order chi connectivity index (χ0) is 17.5. The quantitative estimate of drug-likeness (QED) is 0.664. The van der Waals surface area contributed by atoms with Crippen molar-refractivity contribution in [1.82, 2.24) is 0 Å². The molecule has 3 heteroatoms. The van der Waals surface area contributed by atoms with E-state index in [1.807, 2.05) is 6.07 Å². The Kier molecular flexibility index (Phi) is 9.33. The molecule has 0 aliphatic carbocycles. The number of hydrogen-bond acceptors (Lipinski definition) is 3. The van der Waals surface area contributed by atoms with Crippen LogP contribution in [-0.2, 0) is 4.74 Å². The van der Waals surface area contributed by atoms with Crippen LogP contribution in [0.2, 0.25) is 0 Å². The van der Waals surface area contributed by atoms with Gasteiger partial charge in [-0.25, -0.2) is 0 Å². The van der Waals surface area contributed by atoms with E-state index in [0.717, 1.165) is 23.8 Å². The highest BCUT2D eigenvalue weighted by Gasteiger charge is 2.12. The molecule has 1 aromatic heterocycles. The molecule has 0 amide bonds. The maximum absolute atomic E-state index is 9.56. The van der Waals surface area contributed by atoms with Gasteiger partial charge in [-0.15, -0.1) is 11.3 Å². The molecule has 0 fully saturated rings. The molecule has 0 atom stereocenters. The van der Waals surface area contributed by atoms with Crippen molar-refractivity contribution in [3.05, 3.63) is 15.8 Å². The van der Waals surface area contributed by atoms with Crippen LogP contribution in [0, 0.1) is 5.92 Å². The van der Waals surface area contributed by atoms with Gasteiger partial charge in [0.15, 0.2) is 0 Å². The van der Waals surface area contributed by atoms with Gasteiger partial charge in [0.2, 0.25) is 0 Å². The third kappa shape index (κ3) is 9.47. The molecule has 0 radical (unpaired) electrons. The monoisotopic (exact) mass is 328 g/mol. The van der Waals surface area contributed by atoms with Crippen LogP contribution in [0.15, 0.2) is 6.07 Å². The van der Waals surface area contributed by atoms with Crippen LogP contribution in [0.3, 0.4) is 0 Å². The minimum absolute atomic E-state index is 0.0366. The summed E-state index contributed by atoms with van der Waals surface area (Å²) in [5.41, 5.74) is 0.0366. The van der Waals surface area contributed by atoms with Crippen LogP contribution in [0.25, 0.3) is 0 Å². The molecular formula is C19H36O2S. The molecule has 0 saturated heterocycles. The minimum Gasteiger partial charge on any atom is -0.507 e. The zero-order valence-electron chi connectivity index (χ0n) is 16.0. The fourth-order valence-corrected chi connectivity index (χ4v) is 2.77. The van der Waals surface area contributed by atoms with Gasteiger partial charge < -0.3 is 9.84 Å². The second-order valence-electron chi connectivity index (χ2n) is 7.85. The van der Waals surface area contributed by atoms with Crippen molar-refractivity contribution in [2.45, 2.75) is 86.2 Å². The lowest BCUT2D eigenvalue weighted by atomic mass is 10.1. The van der Waals surface area contributed by atoms with Crippen LogP contribution < -0.4 is 0 Å². The van der Waals surface area contributed by atoms with Crippen molar-refractivity contribution in [1.29, 1.82) is 0 Å². The fraction of sp³-hybridized carbons (Fsp3) is 0.789. The Hall–Kier alpha value is -0.540. The summed E-state index contributed by atoms with van der Waals surface area (Å²) >= 11 is 1.73. The van der Waals surface area contributed by atoms with Gasteiger partial charge in [-0.1, -0.05) is 41.5 Å². The average molecular weight is 329 g/mol. The topological polar surface area (TPSA) is 29.5 Å². The highest BCUT2D eigenvalue weighted by molar-refractivity contribution is 7.12. The van der Waals surface area contributed by atoms with E-state index in [2.05, 4.69) is 62.3 Å². The lowest BCUT2D eigenvalue weighted by Crippen LogP contribution is -2.20. The summed E-state index contributed by atoms with van der Waals surface area (Å²) in [6.07, 6.45) is 1.16. The molecule has 0 unspecified atom stereocenters. The molecule has 0 spiro atoms. The Labute approximate surface area is 141 Å². The van der Waals surface area contributed by atoms with Crippen molar-refractivity contribution in [3.63, 3.8) is 0 Å². The summed E-state index contributed by atoms with van der Waals surface area (Å²) in [6, 6.07) is 1.89. The summed E-state index contributed by atoms with van der Waals surface area (Å²) in [7, 11) is 0. The minimum atomic E-state index is 0.0366. The summed E-state index contributed by atoms with van der Waals surface area (Å²) < 4.78 is 5.54. The largest absolute Gasteiger partial charge is 0.507 e. The fourth-order valence-electron chi connectivity index (χ4n) is 1.71. The first-order chi connectivity index (χ1) is 9.94. The molecule has 1 heterocycles. The number of aromatic hydroxyl groups is 1. The van der Waals surface area contributed by atoms with Gasteiger partial charge in [-0.3, -0.25) is 0 Å². The van der Waals surface area contributed by atoms with E-state index in [1.54, 1.807) is 11.3 Å². The van der Waals surface area contributed by atoms with Crippen LogP contribution >= 0.6 is 11.3 Å². The normalized spacial score (nSPS) is 12.0. The molecule has 2 nitrogen and oxygen atoms in total. The lowest BCUT2D eigenvalue weighted by molar-refractivity contribution is -0.00774. The van der Waals surface area contributed by atoms with E-state index in [9.17, 15) is 5.11 Å². The highest BCUT2D eigenvalue weighted by Crippen LogP contribution is 2.37. The van der Waals surface area contributed by atoms with Gasteiger partial charge in [-0.05, 0) is 51.0 Å². The van der Waals surface area contributed by atoms with Crippen molar-refractivity contribution >= 4 is 11.3 Å². The maximum Gasteiger partial charge on any atom is 0.130 e. The first-order valence-electron chi connectivity index (χ1n) is 8.40. The summed E-state index contributed by atoms with van der Waals surface area (Å²) in [5, 5.41) is 9.56. The van der Waals surface area contributed by atoms with E-state index in [1.165, 1.54) is 4.88 Å². The van der Waals surface area contributed by atoms with E-state index in [0.29, 0.717) is 17.6 Å². The standard InChI is InChI=1S/C10H16OS.C9H20O/c1-6(2)9-5-8(11)10(12-9)7(3)4;1-8(2)6-7-10-9(3,4)5/h5-7,11H,1-4H3;8H,6-7H2,1-5H3. The first-order valence-corrected chi connectivity index (χ1v) is 9.22. The molecule has 1 rings (SSSR count). The third-order valence-electron chi connectivity index (χ3n) is 3.08.